The summed E-state index contributed by atoms with van der Waals surface area (Å²) in [5.41, 5.74) is 1.88. The number of hydrogen-bond acceptors (Lipinski definition) is 6. The van der Waals surface area contributed by atoms with E-state index >= 15 is 0 Å². The van der Waals surface area contributed by atoms with Crippen LogP contribution in [0, 0.1) is 0 Å². The number of aromatic nitrogens is 2. The van der Waals surface area contributed by atoms with Gasteiger partial charge >= 0.3 is 0 Å². The first-order valence-electron chi connectivity index (χ1n) is 7.07. The molecule has 2 aromatic heterocycles. The van der Waals surface area contributed by atoms with Gasteiger partial charge in [-0.2, -0.15) is 0 Å². The van der Waals surface area contributed by atoms with Crippen LogP contribution in [-0.4, -0.2) is 34.4 Å². The van der Waals surface area contributed by atoms with Crippen molar-refractivity contribution in [3.05, 3.63) is 32.7 Å². The molecule has 1 aliphatic rings. The zero-order valence-corrected chi connectivity index (χ0v) is 13.5. The minimum Gasteiger partial charge on any atom is -0.354 e. The van der Waals surface area contributed by atoms with Crippen molar-refractivity contribution >= 4 is 28.6 Å². The van der Waals surface area contributed by atoms with Crippen molar-refractivity contribution in [1.29, 1.82) is 0 Å². The second-order valence-electron chi connectivity index (χ2n) is 5.09. The SMILES string of the molecule is CNC(=O)c1cnc(C2CCCCN2Cc2cncs2)s1. The summed E-state index contributed by atoms with van der Waals surface area (Å²) < 4.78 is 0. The summed E-state index contributed by atoms with van der Waals surface area (Å²) in [5, 5.41) is 3.71. The van der Waals surface area contributed by atoms with Crippen LogP contribution in [0.25, 0.3) is 0 Å². The van der Waals surface area contributed by atoms with Gasteiger partial charge in [-0.15, -0.1) is 22.7 Å². The van der Waals surface area contributed by atoms with Gasteiger partial charge in [0.2, 0.25) is 0 Å². The summed E-state index contributed by atoms with van der Waals surface area (Å²) >= 11 is 3.21. The summed E-state index contributed by atoms with van der Waals surface area (Å²) in [6.45, 7) is 2.00. The molecule has 2 aromatic rings. The average Bonchev–Trinajstić information content (AvgIpc) is 3.18. The standard InChI is InChI=1S/C14H18N4OS2/c1-15-13(19)12-7-17-14(21-12)11-4-2-3-5-18(11)8-10-6-16-9-20-10/h6-7,9,11H,2-5,8H2,1H3,(H,15,19). The fourth-order valence-electron chi connectivity index (χ4n) is 2.65. The van der Waals surface area contributed by atoms with E-state index in [9.17, 15) is 4.79 Å². The lowest BCUT2D eigenvalue weighted by atomic mass is 10.0. The fraction of sp³-hybridized carbons (Fsp3) is 0.500. The Labute approximate surface area is 132 Å². The third-order valence-electron chi connectivity index (χ3n) is 3.72. The van der Waals surface area contributed by atoms with Crippen molar-refractivity contribution in [2.45, 2.75) is 31.8 Å². The molecule has 0 aromatic carbocycles. The lowest BCUT2D eigenvalue weighted by Crippen LogP contribution is -2.32. The molecule has 5 nitrogen and oxygen atoms in total. The molecule has 0 spiro atoms. The zero-order chi connectivity index (χ0) is 14.7. The van der Waals surface area contributed by atoms with E-state index in [4.69, 9.17) is 0 Å². The van der Waals surface area contributed by atoms with E-state index in [1.165, 1.54) is 29.1 Å². The summed E-state index contributed by atoms with van der Waals surface area (Å²) in [7, 11) is 1.65. The van der Waals surface area contributed by atoms with E-state index < -0.39 is 0 Å². The molecule has 21 heavy (non-hydrogen) atoms. The molecule has 0 radical (unpaired) electrons. The summed E-state index contributed by atoms with van der Waals surface area (Å²) in [6, 6.07) is 0.323. The van der Waals surface area contributed by atoms with Crippen LogP contribution in [0.3, 0.4) is 0 Å². The Morgan fingerprint density at radius 2 is 2.38 bits per heavy atom. The maximum absolute atomic E-state index is 11.7. The number of carbonyl (C=O) groups is 1. The first-order valence-corrected chi connectivity index (χ1v) is 8.77. The molecule has 1 amide bonds. The van der Waals surface area contributed by atoms with Crippen LogP contribution >= 0.6 is 22.7 Å². The van der Waals surface area contributed by atoms with Gasteiger partial charge in [-0.05, 0) is 19.4 Å². The molecule has 1 atom stereocenters. The van der Waals surface area contributed by atoms with Gasteiger partial charge < -0.3 is 5.32 Å². The number of nitrogens with zero attached hydrogens (tertiary/aromatic N) is 3. The maximum atomic E-state index is 11.7. The fourth-order valence-corrected chi connectivity index (χ4v) is 4.30. The molecule has 0 saturated carbocycles. The average molecular weight is 322 g/mol. The molecule has 0 bridgehead atoms. The van der Waals surface area contributed by atoms with Crippen LogP contribution in [0.5, 0.6) is 0 Å². The summed E-state index contributed by atoms with van der Waals surface area (Å²) in [4.78, 5) is 24.8. The van der Waals surface area contributed by atoms with Crippen LogP contribution in [0.2, 0.25) is 0 Å². The first kappa shape index (κ1) is 14.6. The van der Waals surface area contributed by atoms with Gasteiger partial charge in [0.05, 0.1) is 17.7 Å². The third kappa shape index (κ3) is 3.30. The van der Waals surface area contributed by atoms with E-state index in [0.717, 1.165) is 24.5 Å². The largest absolute Gasteiger partial charge is 0.354 e. The maximum Gasteiger partial charge on any atom is 0.262 e. The van der Waals surface area contributed by atoms with Gasteiger partial charge in [0.1, 0.15) is 9.88 Å². The highest BCUT2D eigenvalue weighted by Gasteiger charge is 2.27. The lowest BCUT2D eigenvalue weighted by molar-refractivity contribution is 0.0967. The van der Waals surface area contributed by atoms with Crippen LogP contribution in [0.1, 0.15) is 44.9 Å². The highest BCUT2D eigenvalue weighted by atomic mass is 32.1. The van der Waals surface area contributed by atoms with E-state index in [1.807, 2.05) is 11.7 Å². The predicted octanol–water partition coefficient (Wildman–Crippen LogP) is 2.69. The second-order valence-corrected chi connectivity index (χ2v) is 7.12. The van der Waals surface area contributed by atoms with E-state index in [2.05, 4.69) is 20.2 Å². The molecule has 3 rings (SSSR count). The van der Waals surface area contributed by atoms with Crippen molar-refractivity contribution < 1.29 is 4.79 Å². The Hall–Kier alpha value is -1.31. The number of carbonyl (C=O) groups excluding carboxylic acids is 1. The molecule has 1 aliphatic heterocycles. The summed E-state index contributed by atoms with van der Waals surface area (Å²) in [5.74, 6) is -0.0523. The van der Waals surface area contributed by atoms with Crippen LogP contribution in [0.15, 0.2) is 17.9 Å². The Kier molecular flexibility index (Phi) is 4.62. The Morgan fingerprint density at radius 1 is 1.48 bits per heavy atom. The van der Waals surface area contributed by atoms with E-state index in [0.29, 0.717) is 10.9 Å². The number of hydrogen-bond donors (Lipinski definition) is 1. The third-order valence-corrected chi connectivity index (χ3v) is 5.58. The van der Waals surface area contributed by atoms with Gasteiger partial charge in [0, 0.05) is 24.7 Å². The minimum absolute atomic E-state index is 0.0523. The number of rotatable bonds is 4. The van der Waals surface area contributed by atoms with E-state index in [1.54, 1.807) is 24.6 Å². The normalized spacial score (nSPS) is 19.6. The monoisotopic (exact) mass is 322 g/mol. The Bertz CT molecular complexity index is 596. The smallest absolute Gasteiger partial charge is 0.262 e. The second kappa shape index (κ2) is 6.64. The zero-order valence-electron chi connectivity index (χ0n) is 11.9. The van der Waals surface area contributed by atoms with Gasteiger partial charge in [-0.25, -0.2) is 4.98 Å². The van der Waals surface area contributed by atoms with Crippen molar-refractivity contribution in [2.75, 3.05) is 13.6 Å². The molecule has 0 aliphatic carbocycles. The molecule has 1 N–H and O–H groups in total. The van der Waals surface area contributed by atoms with Crippen molar-refractivity contribution in [3.63, 3.8) is 0 Å². The molecule has 1 unspecified atom stereocenters. The topological polar surface area (TPSA) is 58.1 Å². The van der Waals surface area contributed by atoms with Gasteiger partial charge in [0.15, 0.2) is 0 Å². The molecular weight excluding hydrogens is 304 g/mol. The van der Waals surface area contributed by atoms with Gasteiger partial charge in [0.25, 0.3) is 5.91 Å². The van der Waals surface area contributed by atoms with Gasteiger partial charge in [-0.3, -0.25) is 14.7 Å². The number of thiazole rings is 2. The number of piperidine rings is 1. The molecule has 3 heterocycles. The van der Waals surface area contributed by atoms with Crippen molar-refractivity contribution in [1.82, 2.24) is 20.2 Å². The highest BCUT2D eigenvalue weighted by Crippen LogP contribution is 2.34. The predicted molar refractivity (Wildman–Crippen MR) is 84.6 cm³/mol. The number of nitrogens with one attached hydrogen (secondary N) is 1. The number of likely N-dealkylation sites (tertiary alicyclic amines) is 1. The quantitative estimate of drug-likeness (QED) is 0.940. The highest BCUT2D eigenvalue weighted by molar-refractivity contribution is 7.13. The Morgan fingerprint density at radius 3 is 3.14 bits per heavy atom. The minimum atomic E-state index is -0.0523. The molecule has 1 saturated heterocycles. The molecule has 1 fully saturated rings. The van der Waals surface area contributed by atoms with Crippen LogP contribution < -0.4 is 5.32 Å². The summed E-state index contributed by atoms with van der Waals surface area (Å²) in [6.07, 6.45) is 7.19. The van der Waals surface area contributed by atoms with Crippen molar-refractivity contribution in [2.24, 2.45) is 0 Å². The van der Waals surface area contributed by atoms with Crippen LogP contribution in [-0.2, 0) is 6.54 Å². The van der Waals surface area contributed by atoms with Crippen molar-refractivity contribution in [3.8, 4) is 0 Å². The molecule has 7 heteroatoms. The lowest BCUT2D eigenvalue weighted by Gasteiger charge is -2.34. The van der Waals surface area contributed by atoms with Crippen LogP contribution in [0.4, 0.5) is 0 Å². The molecular formula is C14H18N4OS2. The first-order chi connectivity index (χ1) is 10.3. The Balaban J connectivity index is 1.77. The number of amides is 1. The van der Waals surface area contributed by atoms with Gasteiger partial charge in [-0.1, -0.05) is 6.42 Å². The molecule has 112 valence electrons. The van der Waals surface area contributed by atoms with E-state index in [-0.39, 0.29) is 5.91 Å².